The van der Waals surface area contributed by atoms with Crippen LogP contribution in [0.15, 0.2) is 35.5 Å². The van der Waals surface area contributed by atoms with E-state index in [2.05, 4.69) is 49.3 Å². The van der Waals surface area contributed by atoms with Crippen molar-refractivity contribution in [3.8, 4) is 0 Å². The van der Waals surface area contributed by atoms with E-state index in [0.717, 1.165) is 30.7 Å². The van der Waals surface area contributed by atoms with E-state index in [1.165, 1.54) is 37.0 Å². The van der Waals surface area contributed by atoms with E-state index in [1.54, 1.807) is 0 Å². The first kappa shape index (κ1) is 16.1. The molecular formula is C21H30N2O. The summed E-state index contributed by atoms with van der Waals surface area (Å²) in [6.45, 7) is 1.82. The average molecular weight is 326 g/mol. The Morgan fingerprint density at radius 1 is 1.08 bits per heavy atom. The quantitative estimate of drug-likeness (QED) is 0.586. The Labute approximate surface area is 146 Å². The van der Waals surface area contributed by atoms with Gasteiger partial charge in [0.15, 0.2) is 0 Å². The highest BCUT2D eigenvalue weighted by atomic mass is 16.6. The first-order valence-corrected chi connectivity index (χ1v) is 9.62. The van der Waals surface area contributed by atoms with Crippen molar-refractivity contribution in [1.82, 2.24) is 4.90 Å². The summed E-state index contributed by atoms with van der Waals surface area (Å²) in [7, 11) is 4.37. The topological polar surface area (TPSA) is 24.8 Å². The lowest BCUT2D eigenvalue weighted by atomic mass is 9.74. The molecular weight excluding hydrogens is 296 g/mol. The fourth-order valence-corrected chi connectivity index (χ4v) is 5.67. The smallest absolute Gasteiger partial charge is 0.121 e. The molecule has 0 radical (unpaired) electrons. The maximum atomic E-state index is 5.80. The molecule has 0 aromatic heterocycles. The lowest BCUT2D eigenvalue weighted by molar-refractivity contribution is 0.138. The molecule has 3 nitrogen and oxygen atoms in total. The van der Waals surface area contributed by atoms with Gasteiger partial charge in [-0.05, 0) is 56.7 Å². The van der Waals surface area contributed by atoms with Crippen molar-refractivity contribution in [2.45, 2.75) is 32.1 Å². The van der Waals surface area contributed by atoms with E-state index >= 15 is 0 Å². The molecule has 0 spiro atoms. The third-order valence-corrected chi connectivity index (χ3v) is 6.55. The molecule has 0 aliphatic heterocycles. The highest BCUT2D eigenvalue weighted by molar-refractivity contribution is 5.92. The molecule has 3 saturated carbocycles. The normalized spacial score (nSPS) is 35.8. The number of rotatable bonds is 6. The van der Waals surface area contributed by atoms with E-state index in [9.17, 15) is 0 Å². The molecule has 1 aromatic carbocycles. The second-order valence-electron chi connectivity index (χ2n) is 8.22. The number of hydrogen-bond donors (Lipinski definition) is 0. The minimum absolute atomic E-state index is 0.626. The van der Waals surface area contributed by atoms with E-state index in [1.807, 2.05) is 0 Å². The monoisotopic (exact) mass is 326 g/mol. The third-order valence-electron chi connectivity index (χ3n) is 6.55. The lowest BCUT2D eigenvalue weighted by Crippen LogP contribution is -2.38. The first-order chi connectivity index (χ1) is 11.7. The van der Waals surface area contributed by atoms with Gasteiger partial charge in [0.05, 0.1) is 5.71 Å². The number of fused-ring (bicyclic) bond motifs is 5. The van der Waals surface area contributed by atoms with Crippen LogP contribution in [0, 0.1) is 29.6 Å². The van der Waals surface area contributed by atoms with Gasteiger partial charge in [-0.2, -0.15) is 0 Å². The van der Waals surface area contributed by atoms with Crippen molar-refractivity contribution in [3.05, 3.63) is 35.9 Å². The molecule has 1 aromatic rings. The van der Waals surface area contributed by atoms with Crippen LogP contribution >= 0.6 is 0 Å². The molecule has 3 heteroatoms. The number of hydrogen-bond acceptors (Lipinski definition) is 3. The highest BCUT2D eigenvalue weighted by Crippen LogP contribution is 2.59. The predicted octanol–water partition coefficient (Wildman–Crippen LogP) is 3.85. The molecule has 3 aliphatic carbocycles. The second-order valence-corrected chi connectivity index (χ2v) is 8.22. The summed E-state index contributed by atoms with van der Waals surface area (Å²) in [6.07, 6.45) is 6.62. The van der Waals surface area contributed by atoms with Gasteiger partial charge in [-0.15, -0.1) is 0 Å². The van der Waals surface area contributed by atoms with E-state index in [0.29, 0.717) is 18.4 Å². The van der Waals surface area contributed by atoms with Gasteiger partial charge in [0.2, 0.25) is 0 Å². The summed E-state index contributed by atoms with van der Waals surface area (Å²) in [6, 6.07) is 10.6. The zero-order chi connectivity index (χ0) is 16.5. The Bertz CT molecular complexity index is 583. The Kier molecular flexibility index (Phi) is 4.62. The minimum Gasteiger partial charge on any atom is -0.395 e. The number of benzene rings is 1. The van der Waals surface area contributed by atoms with E-state index in [-0.39, 0.29) is 0 Å². The lowest BCUT2D eigenvalue weighted by Gasteiger charge is -2.34. The Morgan fingerprint density at radius 2 is 1.88 bits per heavy atom. The van der Waals surface area contributed by atoms with Crippen molar-refractivity contribution in [2.24, 2.45) is 34.7 Å². The molecule has 0 N–H and O–H groups in total. The molecule has 130 valence electrons. The zero-order valence-corrected chi connectivity index (χ0v) is 15.0. The second kappa shape index (κ2) is 6.87. The maximum Gasteiger partial charge on any atom is 0.121 e. The van der Waals surface area contributed by atoms with Gasteiger partial charge in [0.1, 0.15) is 6.61 Å². The minimum atomic E-state index is 0.626. The van der Waals surface area contributed by atoms with Crippen LogP contribution in [-0.4, -0.2) is 37.9 Å². The van der Waals surface area contributed by atoms with E-state index in [4.69, 9.17) is 9.99 Å². The predicted molar refractivity (Wildman–Crippen MR) is 98.0 cm³/mol. The molecule has 2 bridgehead atoms. The van der Waals surface area contributed by atoms with Crippen molar-refractivity contribution < 1.29 is 4.84 Å². The fourth-order valence-electron chi connectivity index (χ4n) is 5.67. The molecule has 0 unspecified atom stereocenters. The third kappa shape index (κ3) is 2.99. The van der Waals surface area contributed by atoms with Gasteiger partial charge < -0.3 is 9.74 Å². The largest absolute Gasteiger partial charge is 0.395 e. The fraction of sp³-hybridized carbons (Fsp3) is 0.667. The molecule has 24 heavy (non-hydrogen) atoms. The summed E-state index contributed by atoms with van der Waals surface area (Å²) in [5, 5.41) is 4.71. The van der Waals surface area contributed by atoms with Crippen LogP contribution in [0.4, 0.5) is 0 Å². The standard InChI is InChI=1S/C21H30N2O/c1-23(2)14-20-18-13-19(17-10-6-9-16(17)18)21(20)22-24-12-11-15-7-4-3-5-8-15/h3-5,7-8,16-20H,6,9-14H2,1-2H3/b22-21+/t16-,17+,18-,19+,20-/m1/s1. The van der Waals surface area contributed by atoms with Gasteiger partial charge in [-0.1, -0.05) is 41.9 Å². The maximum absolute atomic E-state index is 5.80. The van der Waals surface area contributed by atoms with Crippen LogP contribution in [0.25, 0.3) is 0 Å². The van der Waals surface area contributed by atoms with Gasteiger partial charge >= 0.3 is 0 Å². The van der Waals surface area contributed by atoms with E-state index < -0.39 is 0 Å². The highest BCUT2D eigenvalue weighted by Gasteiger charge is 2.57. The average Bonchev–Trinajstić information content (AvgIpc) is 3.24. The molecule has 0 heterocycles. The van der Waals surface area contributed by atoms with Crippen molar-refractivity contribution in [2.75, 3.05) is 27.2 Å². The zero-order valence-electron chi connectivity index (χ0n) is 15.0. The Morgan fingerprint density at radius 3 is 2.67 bits per heavy atom. The van der Waals surface area contributed by atoms with Crippen molar-refractivity contribution in [1.29, 1.82) is 0 Å². The van der Waals surface area contributed by atoms with Crippen LogP contribution in [0.1, 0.15) is 31.2 Å². The first-order valence-electron chi connectivity index (χ1n) is 9.62. The summed E-state index contributed by atoms with van der Waals surface area (Å²) in [4.78, 5) is 8.13. The molecule has 3 fully saturated rings. The van der Waals surface area contributed by atoms with Crippen LogP contribution < -0.4 is 0 Å². The molecule has 3 aliphatic rings. The van der Waals surface area contributed by atoms with Gasteiger partial charge in [0.25, 0.3) is 0 Å². The summed E-state index contributed by atoms with van der Waals surface area (Å²) in [5.41, 5.74) is 2.72. The summed E-state index contributed by atoms with van der Waals surface area (Å²) in [5.74, 6) is 4.08. The molecule has 0 saturated heterocycles. The van der Waals surface area contributed by atoms with Crippen LogP contribution in [0.2, 0.25) is 0 Å². The molecule has 5 atom stereocenters. The summed E-state index contributed by atoms with van der Waals surface area (Å²) < 4.78 is 0. The van der Waals surface area contributed by atoms with Gasteiger partial charge in [-0.25, -0.2) is 0 Å². The molecule has 0 amide bonds. The summed E-state index contributed by atoms with van der Waals surface area (Å²) >= 11 is 0. The Balaban J connectivity index is 1.41. The number of oxime groups is 1. The van der Waals surface area contributed by atoms with Crippen molar-refractivity contribution in [3.63, 3.8) is 0 Å². The van der Waals surface area contributed by atoms with Crippen LogP contribution in [0.3, 0.4) is 0 Å². The number of nitrogens with zero attached hydrogens (tertiary/aromatic N) is 2. The van der Waals surface area contributed by atoms with Gasteiger partial charge in [0, 0.05) is 24.8 Å². The SMILES string of the molecule is CN(C)C[C@H]1/C(=N/OCCc2ccccc2)[C@H]2C[C@@H]1[C@@H]1CCC[C@@H]12. The molecule has 4 rings (SSSR count). The van der Waals surface area contributed by atoms with Crippen molar-refractivity contribution >= 4 is 5.71 Å². The van der Waals surface area contributed by atoms with Crippen LogP contribution in [0.5, 0.6) is 0 Å². The Hall–Kier alpha value is -1.35. The van der Waals surface area contributed by atoms with Gasteiger partial charge in [-0.3, -0.25) is 0 Å². The van der Waals surface area contributed by atoms with Crippen LogP contribution in [-0.2, 0) is 11.3 Å².